The van der Waals surface area contributed by atoms with Crippen LogP contribution in [0.25, 0.3) is 10.8 Å². The first-order valence-electron chi connectivity index (χ1n) is 8.04. The normalized spacial score (nSPS) is 18.2. The molecule has 2 aromatic rings. The van der Waals surface area contributed by atoms with Gasteiger partial charge >= 0.3 is 6.09 Å². The van der Waals surface area contributed by atoms with Crippen LogP contribution in [-0.2, 0) is 4.74 Å². The van der Waals surface area contributed by atoms with Crippen LogP contribution in [0.3, 0.4) is 0 Å². The van der Waals surface area contributed by atoms with Gasteiger partial charge in [-0.2, -0.15) is 0 Å². The third-order valence-corrected chi connectivity index (χ3v) is 4.12. The maximum absolute atomic E-state index is 13.8. The average molecular weight is 332 g/mol. The number of hydrogen-bond donors (Lipinski definition) is 1. The van der Waals surface area contributed by atoms with Gasteiger partial charge in [-0.25, -0.2) is 9.18 Å². The van der Waals surface area contributed by atoms with E-state index in [1.807, 2.05) is 20.8 Å². The Morgan fingerprint density at radius 2 is 2.12 bits per heavy atom. The highest BCUT2D eigenvalue weighted by atomic mass is 19.1. The summed E-state index contributed by atoms with van der Waals surface area (Å²) in [4.78, 5) is 28.7. The molecule has 1 aliphatic heterocycles. The zero-order valence-electron chi connectivity index (χ0n) is 14.1. The number of nitrogens with zero attached hydrogens (tertiary/aromatic N) is 1. The molecule has 1 atom stereocenters. The number of benzene rings is 1. The Morgan fingerprint density at radius 1 is 1.38 bits per heavy atom. The molecule has 128 valence electrons. The molecule has 1 amide bonds. The molecule has 1 aromatic carbocycles. The van der Waals surface area contributed by atoms with Crippen LogP contribution in [0.1, 0.15) is 38.8 Å². The summed E-state index contributed by atoms with van der Waals surface area (Å²) in [6.45, 7) is 6.53. The van der Waals surface area contributed by atoms with Gasteiger partial charge in [-0.1, -0.05) is 12.1 Å². The quantitative estimate of drug-likeness (QED) is 0.871. The van der Waals surface area contributed by atoms with Gasteiger partial charge in [0.2, 0.25) is 0 Å². The Morgan fingerprint density at radius 3 is 2.83 bits per heavy atom. The van der Waals surface area contributed by atoms with Crippen molar-refractivity contribution >= 4 is 16.9 Å². The van der Waals surface area contributed by atoms with Crippen molar-refractivity contribution in [3.8, 4) is 0 Å². The second-order valence-corrected chi connectivity index (χ2v) is 7.17. The van der Waals surface area contributed by atoms with E-state index in [1.54, 1.807) is 23.1 Å². The summed E-state index contributed by atoms with van der Waals surface area (Å²) in [5, 5.41) is 0.646. The van der Waals surface area contributed by atoms with Crippen LogP contribution in [-0.4, -0.2) is 34.7 Å². The van der Waals surface area contributed by atoms with Crippen molar-refractivity contribution in [2.75, 3.05) is 13.1 Å². The molecule has 3 rings (SSSR count). The predicted molar refractivity (Wildman–Crippen MR) is 89.7 cm³/mol. The first-order valence-corrected chi connectivity index (χ1v) is 8.04. The molecular weight excluding hydrogens is 311 g/mol. The van der Waals surface area contributed by atoms with Crippen LogP contribution in [0.4, 0.5) is 9.18 Å². The highest BCUT2D eigenvalue weighted by Gasteiger charge is 2.31. The zero-order chi connectivity index (χ0) is 17.5. The fraction of sp³-hybridized carbons (Fsp3) is 0.444. The van der Waals surface area contributed by atoms with Gasteiger partial charge in [0.25, 0.3) is 5.56 Å². The Labute approximate surface area is 139 Å². The largest absolute Gasteiger partial charge is 0.444 e. The van der Waals surface area contributed by atoms with Crippen LogP contribution < -0.4 is 5.56 Å². The minimum Gasteiger partial charge on any atom is -0.444 e. The van der Waals surface area contributed by atoms with Crippen molar-refractivity contribution < 1.29 is 13.9 Å². The number of rotatable bonds is 1. The third kappa shape index (κ3) is 3.27. The molecule has 1 fully saturated rings. The number of H-pyrrole nitrogens is 1. The van der Waals surface area contributed by atoms with Crippen molar-refractivity contribution in [3.63, 3.8) is 0 Å². The van der Waals surface area contributed by atoms with E-state index in [0.29, 0.717) is 18.5 Å². The molecule has 0 saturated carbocycles. The number of halogens is 1. The smallest absolute Gasteiger partial charge is 0.410 e. The van der Waals surface area contributed by atoms with E-state index in [4.69, 9.17) is 4.74 Å². The van der Waals surface area contributed by atoms with E-state index in [-0.39, 0.29) is 17.4 Å². The molecule has 0 aliphatic carbocycles. The average Bonchev–Trinajstić information content (AvgIpc) is 2.95. The standard InChI is InChI=1S/C18H21FN2O3/c1-18(2,3)24-17(23)21-8-7-12(10-21)14-9-11-5-4-6-13(19)15(11)16(22)20-14/h4-6,9,12H,7-8,10H2,1-3H3,(H,20,22)/t12-/m0/s1. The first-order chi connectivity index (χ1) is 11.2. The maximum Gasteiger partial charge on any atom is 0.410 e. The Kier molecular flexibility index (Phi) is 4.07. The Hall–Kier alpha value is -2.37. The maximum atomic E-state index is 13.8. The number of fused-ring (bicyclic) bond motifs is 1. The minimum atomic E-state index is -0.538. The van der Waals surface area contributed by atoms with Gasteiger partial charge in [-0.3, -0.25) is 4.79 Å². The number of nitrogens with one attached hydrogen (secondary N) is 1. The summed E-state index contributed by atoms with van der Waals surface area (Å²) in [6, 6.07) is 6.38. The van der Waals surface area contributed by atoms with Gasteiger partial charge in [0, 0.05) is 24.7 Å². The molecule has 1 aromatic heterocycles. The zero-order valence-corrected chi connectivity index (χ0v) is 14.1. The second kappa shape index (κ2) is 5.92. The summed E-state index contributed by atoms with van der Waals surface area (Å²) in [5.74, 6) is -0.514. The van der Waals surface area contributed by atoms with Gasteiger partial charge < -0.3 is 14.6 Å². The molecule has 0 unspecified atom stereocenters. The fourth-order valence-electron chi connectivity index (χ4n) is 3.02. The Bertz CT molecular complexity index is 838. The summed E-state index contributed by atoms with van der Waals surface area (Å²) >= 11 is 0. The van der Waals surface area contributed by atoms with Crippen molar-refractivity contribution in [2.45, 2.75) is 38.7 Å². The number of hydrogen-bond acceptors (Lipinski definition) is 3. The first kappa shape index (κ1) is 16.5. The molecule has 0 radical (unpaired) electrons. The molecule has 1 aliphatic rings. The number of carbonyl (C=O) groups is 1. The molecule has 5 nitrogen and oxygen atoms in total. The molecule has 2 heterocycles. The molecule has 24 heavy (non-hydrogen) atoms. The van der Waals surface area contributed by atoms with E-state index < -0.39 is 17.0 Å². The topological polar surface area (TPSA) is 62.4 Å². The number of pyridine rings is 1. The summed E-state index contributed by atoms with van der Waals surface area (Å²) in [5.41, 5.74) is -0.246. The molecule has 0 bridgehead atoms. The van der Waals surface area contributed by atoms with Crippen LogP contribution in [0.15, 0.2) is 29.1 Å². The Balaban J connectivity index is 1.83. The number of aromatic amines is 1. The van der Waals surface area contributed by atoms with Crippen LogP contribution >= 0.6 is 0 Å². The van der Waals surface area contributed by atoms with E-state index in [9.17, 15) is 14.0 Å². The lowest BCUT2D eigenvalue weighted by molar-refractivity contribution is 0.0292. The summed E-state index contributed by atoms with van der Waals surface area (Å²) in [6.07, 6.45) is 0.384. The van der Waals surface area contributed by atoms with Crippen molar-refractivity contribution in [1.29, 1.82) is 0 Å². The van der Waals surface area contributed by atoms with E-state index in [1.165, 1.54) is 6.07 Å². The highest BCUT2D eigenvalue weighted by molar-refractivity contribution is 5.82. The number of amides is 1. The molecule has 1 N–H and O–H groups in total. The van der Waals surface area contributed by atoms with Crippen molar-refractivity contribution in [2.24, 2.45) is 0 Å². The molecule has 6 heteroatoms. The van der Waals surface area contributed by atoms with Crippen molar-refractivity contribution in [1.82, 2.24) is 9.88 Å². The number of ether oxygens (including phenoxy) is 1. The lowest BCUT2D eigenvalue weighted by atomic mass is 10.0. The minimum absolute atomic E-state index is 0.0119. The number of likely N-dealkylation sites (tertiary alicyclic amines) is 1. The lowest BCUT2D eigenvalue weighted by Crippen LogP contribution is -2.35. The fourth-order valence-corrected chi connectivity index (χ4v) is 3.02. The van der Waals surface area contributed by atoms with Gasteiger partial charge in [0.1, 0.15) is 11.4 Å². The SMILES string of the molecule is CC(C)(C)OC(=O)N1CC[C@H](c2cc3cccc(F)c3c(=O)[nH]2)C1. The highest BCUT2D eigenvalue weighted by Crippen LogP contribution is 2.28. The van der Waals surface area contributed by atoms with E-state index >= 15 is 0 Å². The van der Waals surface area contributed by atoms with Crippen molar-refractivity contribution in [3.05, 3.63) is 46.1 Å². The number of carbonyl (C=O) groups excluding carboxylic acids is 1. The van der Waals surface area contributed by atoms with Crippen LogP contribution in [0.5, 0.6) is 0 Å². The molecular formula is C18H21FN2O3. The van der Waals surface area contributed by atoms with Crippen LogP contribution in [0.2, 0.25) is 0 Å². The van der Waals surface area contributed by atoms with Crippen LogP contribution in [0, 0.1) is 5.82 Å². The van der Waals surface area contributed by atoms with Gasteiger partial charge in [-0.05, 0) is 44.7 Å². The molecule has 1 saturated heterocycles. The van der Waals surface area contributed by atoms with E-state index in [0.717, 1.165) is 12.1 Å². The third-order valence-electron chi connectivity index (χ3n) is 4.12. The van der Waals surface area contributed by atoms with Gasteiger partial charge in [0.05, 0.1) is 5.39 Å². The number of aromatic nitrogens is 1. The molecule has 0 spiro atoms. The predicted octanol–water partition coefficient (Wildman–Crippen LogP) is 3.39. The van der Waals surface area contributed by atoms with E-state index in [2.05, 4.69) is 4.98 Å². The summed E-state index contributed by atoms with van der Waals surface area (Å²) in [7, 11) is 0. The monoisotopic (exact) mass is 332 g/mol. The van der Waals surface area contributed by atoms with Gasteiger partial charge in [0.15, 0.2) is 0 Å². The lowest BCUT2D eigenvalue weighted by Gasteiger charge is -2.24. The van der Waals surface area contributed by atoms with Gasteiger partial charge in [-0.15, -0.1) is 0 Å². The summed E-state index contributed by atoms with van der Waals surface area (Å²) < 4.78 is 19.2. The second-order valence-electron chi connectivity index (χ2n) is 7.17.